The van der Waals surface area contributed by atoms with E-state index in [1.54, 1.807) is 0 Å². The minimum Gasteiger partial charge on any atom is -0.468 e. The summed E-state index contributed by atoms with van der Waals surface area (Å²) in [5, 5.41) is 2.37. The van der Waals surface area contributed by atoms with Crippen molar-refractivity contribution in [2.75, 3.05) is 27.4 Å². The molecule has 0 aromatic carbocycles. The minimum absolute atomic E-state index is 0.0843. The van der Waals surface area contributed by atoms with Crippen molar-refractivity contribution in [2.24, 2.45) is 0 Å². The van der Waals surface area contributed by atoms with Gasteiger partial charge in [0, 0.05) is 13.5 Å². The molecule has 0 atom stereocenters. The van der Waals surface area contributed by atoms with Crippen LogP contribution in [-0.2, 0) is 19.1 Å². The molecule has 0 fully saturated rings. The lowest BCUT2D eigenvalue weighted by molar-refractivity contribution is -0.141. The summed E-state index contributed by atoms with van der Waals surface area (Å²) in [4.78, 5) is 21.3. The molecule has 0 saturated carbocycles. The predicted molar refractivity (Wildman–Crippen MR) is 41.5 cm³/mol. The first kappa shape index (κ1) is 10.9. The van der Waals surface area contributed by atoms with Crippen molar-refractivity contribution in [1.82, 2.24) is 5.32 Å². The third-order valence-electron chi connectivity index (χ3n) is 1.19. The van der Waals surface area contributed by atoms with Crippen LogP contribution < -0.4 is 5.32 Å². The van der Waals surface area contributed by atoms with Crippen molar-refractivity contribution < 1.29 is 19.1 Å². The molecular formula is C7H13NO4. The van der Waals surface area contributed by atoms with Gasteiger partial charge in [-0.15, -0.1) is 0 Å². The summed E-state index contributed by atoms with van der Waals surface area (Å²) in [5.74, 6) is -0.678. The van der Waals surface area contributed by atoms with Crippen LogP contribution in [0.15, 0.2) is 0 Å². The Labute approximate surface area is 71.0 Å². The van der Waals surface area contributed by atoms with Crippen molar-refractivity contribution in [3.05, 3.63) is 0 Å². The Bertz CT molecular complexity index is 157. The van der Waals surface area contributed by atoms with Crippen molar-refractivity contribution in [2.45, 2.75) is 6.42 Å². The molecule has 1 amide bonds. The zero-order valence-electron chi connectivity index (χ0n) is 7.25. The van der Waals surface area contributed by atoms with E-state index in [-0.39, 0.29) is 18.9 Å². The molecule has 0 saturated heterocycles. The number of carbonyl (C=O) groups excluding carboxylic acids is 2. The maximum Gasteiger partial charge on any atom is 0.325 e. The number of amides is 1. The molecular weight excluding hydrogens is 162 g/mol. The summed E-state index contributed by atoms with van der Waals surface area (Å²) in [6.07, 6.45) is 0.257. The molecule has 0 heterocycles. The highest BCUT2D eigenvalue weighted by molar-refractivity contribution is 5.81. The van der Waals surface area contributed by atoms with E-state index in [0.717, 1.165) is 0 Å². The van der Waals surface area contributed by atoms with Gasteiger partial charge >= 0.3 is 5.97 Å². The molecule has 0 aromatic heterocycles. The number of ether oxygens (including phenoxy) is 2. The number of esters is 1. The van der Waals surface area contributed by atoms with E-state index in [1.807, 2.05) is 0 Å². The molecule has 0 rings (SSSR count). The first-order valence-corrected chi connectivity index (χ1v) is 3.53. The molecule has 0 spiro atoms. The smallest absolute Gasteiger partial charge is 0.325 e. The number of hydrogen-bond donors (Lipinski definition) is 1. The highest BCUT2D eigenvalue weighted by Gasteiger charge is 2.03. The monoisotopic (exact) mass is 175 g/mol. The van der Waals surface area contributed by atoms with E-state index in [1.165, 1.54) is 14.2 Å². The molecule has 0 radical (unpaired) electrons. The van der Waals surface area contributed by atoms with E-state index in [4.69, 9.17) is 0 Å². The first-order chi connectivity index (χ1) is 5.70. The van der Waals surface area contributed by atoms with E-state index in [2.05, 4.69) is 14.8 Å². The van der Waals surface area contributed by atoms with E-state index >= 15 is 0 Å². The summed E-state index contributed by atoms with van der Waals surface area (Å²) < 4.78 is 8.99. The van der Waals surface area contributed by atoms with Gasteiger partial charge in [-0.25, -0.2) is 0 Å². The largest absolute Gasteiger partial charge is 0.468 e. The summed E-state index contributed by atoms with van der Waals surface area (Å²) in [6, 6.07) is 0. The maximum absolute atomic E-state index is 10.8. The van der Waals surface area contributed by atoms with Crippen LogP contribution in [0.1, 0.15) is 6.42 Å². The second-order valence-corrected chi connectivity index (χ2v) is 2.10. The maximum atomic E-state index is 10.8. The molecule has 12 heavy (non-hydrogen) atoms. The van der Waals surface area contributed by atoms with Crippen LogP contribution in [0.2, 0.25) is 0 Å². The Hall–Kier alpha value is -1.10. The first-order valence-electron chi connectivity index (χ1n) is 3.53. The van der Waals surface area contributed by atoms with Crippen molar-refractivity contribution >= 4 is 11.9 Å². The van der Waals surface area contributed by atoms with Crippen LogP contribution in [0.25, 0.3) is 0 Å². The van der Waals surface area contributed by atoms with Gasteiger partial charge in [-0.1, -0.05) is 0 Å². The van der Waals surface area contributed by atoms with Crippen LogP contribution >= 0.6 is 0 Å². The van der Waals surface area contributed by atoms with Gasteiger partial charge < -0.3 is 14.8 Å². The lowest BCUT2D eigenvalue weighted by Gasteiger charge is -2.02. The molecule has 1 N–H and O–H groups in total. The van der Waals surface area contributed by atoms with Crippen LogP contribution in [0, 0.1) is 0 Å². The van der Waals surface area contributed by atoms with Gasteiger partial charge in [-0.3, -0.25) is 9.59 Å². The molecule has 0 aliphatic heterocycles. The molecule has 5 nitrogen and oxygen atoms in total. The standard InChI is InChI=1S/C7H13NO4/c1-11-4-3-6(9)8-5-7(10)12-2/h3-5H2,1-2H3,(H,8,9). The van der Waals surface area contributed by atoms with E-state index in [9.17, 15) is 9.59 Å². The third kappa shape index (κ3) is 5.67. The molecule has 0 unspecified atom stereocenters. The zero-order valence-corrected chi connectivity index (χ0v) is 7.25. The minimum atomic E-state index is -0.458. The molecule has 0 aromatic rings. The zero-order chi connectivity index (χ0) is 9.40. The molecule has 5 heteroatoms. The van der Waals surface area contributed by atoms with Crippen LogP contribution in [-0.4, -0.2) is 39.2 Å². The van der Waals surface area contributed by atoms with Crippen molar-refractivity contribution in [1.29, 1.82) is 0 Å². The Kier molecular flexibility index (Phi) is 6.00. The molecule has 0 aliphatic rings. The number of methoxy groups -OCH3 is 2. The quantitative estimate of drug-likeness (QED) is 0.562. The van der Waals surface area contributed by atoms with Crippen LogP contribution in [0.5, 0.6) is 0 Å². The van der Waals surface area contributed by atoms with Crippen molar-refractivity contribution in [3.8, 4) is 0 Å². The molecule has 70 valence electrons. The summed E-state index contributed by atoms with van der Waals surface area (Å²) >= 11 is 0. The number of hydrogen-bond acceptors (Lipinski definition) is 4. The van der Waals surface area contributed by atoms with Gasteiger partial charge in [-0.2, -0.15) is 0 Å². The summed E-state index contributed by atoms with van der Waals surface area (Å²) in [7, 11) is 2.78. The Morgan fingerprint density at radius 1 is 1.33 bits per heavy atom. The van der Waals surface area contributed by atoms with Gasteiger partial charge in [0.05, 0.1) is 13.7 Å². The average Bonchev–Trinajstić information content (AvgIpc) is 2.10. The van der Waals surface area contributed by atoms with Crippen LogP contribution in [0.3, 0.4) is 0 Å². The van der Waals surface area contributed by atoms with Gasteiger partial charge in [0.25, 0.3) is 0 Å². The normalized spacial score (nSPS) is 9.17. The SMILES string of the molecule is COCCC(=O)NCC(=O)OC. The van der Waals surface area contributed by atoms with E-state index in [0.29, 0.717) is 6.61 Å². The van der Waals surface area contributed by atoms with Crippen molar-refractivity contribution in [3.63, 3.8) is 0 Å². The number of nitrogens with one attached hydrogen (secondary N) is 1. The average molecular weight is 175 g/mol. The lowest BCUT2D eigenvalue weighted by atomic mass is 10.4. The topological polar surface area (TPSA) is 64.6 Å². The van der Waals surface area contributed by atoms with E-state index < -0.39 is 5.97 Å². The fraction of sp³-hybridized carbons (Fsp3) is 0.714. The Morgan fingerprint density at radius 3 is 2.50 bits per heavy atom. The summed E-state index contributed by atoms with van der Waals surface area (Å²) in [6.45, 7) is 0.270. The fourth-order valence-corrected chi connectivity index (χ4v) is 0.526. The molecule has 0 aliphatic carbocycles. The number of rotatable bonds is 5. The van der Waals surface area contributed by atoms with Gasteiger partial charge in [0.15, 0.2) is 0 Å². The lowest BCUT2D eigenvalue weighted by Crippen LogP contribution is -2.30. The van der Waals surface area contributed by atoms with Gasteiger partial charge in [-0.05, 0) is 0 Å². The highest BCUT2D eigenvalue weighted by atomic mass is 16.5. The second-order valence-electron chi connectivity index (χ2n) is 2.10. The Morgan fingerprint density at radius 2 is 2.00 bits per heavy atom. The number of carbonyl (C=O) groups is 2. The second kappa shape index (κ2) is 6.60. The van der Waals surface area contributed by atoms with Crippen LogP contribution in [0.4, 0.5) is 0 Å². The Balaban J connectivity index is 3.37. The molecule has 0 bridgehead atoms. The fourth-order valence-electron chi connectivity index (χ4n) is 0.526. The van der Waals surface area contributed by atoms with Gasteiger partial charge in [0.1, 0.15) is 6.54 Å². The summed E-state index contributed by atoms with van der Waals surface area (Å²) in [5.41, 5.74) is 0. The highest BCUT2D eigenvalue weighted by Crippen LogP contribution is 1.80. The van der Waals surface area contributed by atoms with Gasteiger partial charge in [0.2, 0.25) is 5.91 Å². The predicted octanol–water partition coefficient (Wildman–Crippen LogP) is -0.688. The third-order valence-corrected chi connectivity index (χ3v) is 1.19.